The van der Waals surface area contributed by atoms with E-state index in [9.17, 15) is 0 Å². The Kier molecular flexibility index (Phi) is 7.61. The minimum absolute atomic E-state index is 0. The molecular formula is C17H31FeNO. The van der Waals surface area contributed by atoms with Crippen LogP contribution in [0.1, 0.15) is 78.6 Å². The Labute approximate surface area is 135 Å². The fourth-order valence-electron chi connectivity index (χ4n) is 3.12. The van der Waals surface area contributed by atoms with E-state index in [4.69, 9.17) is 9.73 Å². The molecule has 0 aromatic rings. The summed E-state index contributed by atoms with van der Waals surface area (Å²) in [5, 5.41) is 0. The van der Waals surface area contributed by atoms with E-state index in [1.807, 2.05) is 0 Å². The predicted molar refractivity (Wildman–Crippen MR) is 81.7 cm³/mol. The summed E-state index contributed by atoms with van der Waals surface area (Å²) >= 11 is 0. The van der Waals surface area contributed by atoms with Crippen LogP contribution in [0.4, 0.5) is 0 Å². The van der Waals surface area contributed by atoms with E-state index in [1.54, 1.807) is 0 Å². The molecule has 1 heterocycles. The average Bonchev–Trinajstić information content (AvgIpc) is 3.13. The number of nitrogens with zero attached hydrogens (tertiary/aromatic N) is 1. The molecule has 0 bridgehead atoms. The van der Waals surface area contributed by atoms with Crippen LogP contribution in [0.2, 0.25) is 0 Å². The largest absolute Gasteiger partial charge is 0.478 e. The summed E-state index contributed by atoms with van der Waals surface area (Å²) in [6.07, 6.45) is 12.8. The van der Waals surface area contributed by atoms with Crippen LogP contribution in [-0.2, 0) is 21.8 Å². The Hall–Kier alpha value is -0.0105. The third-order valence-electron chi connectivity index (χ3n) is 4.63. The first-order chi connectivity index (χ1) is 9.07. The average molecular weight is 321 g/mol. The number of rotatable bonds is 1. The zero-order valence-corrected chi connectivity index (χ0v) is 14.5. The third-order valence-corrected chi connectivity index (χ3v) is 4.63. The molecule has 3 heteroatoms. The van der Waals surface area contributed by atoms with Gasteiger partial charge in [-0.15, -0.1) is 0 Å². The molecule has 2 saturated carbocycles. The smallest absolute Gasteiger partial charge is 0.186 e. The van der Waals surface area contributed by atoms with Gasteiger partial charge >= 0.3 is 0 Å². The molecule has 2 aliphatic carbocycles. The van der Waals surface area contributed by atoms with Crippen LogP contribution in [0, 0.1) is 11.3 Å². The number of ether oxygens (including phenoxy) is 1. The van der Waals surface area contributed by atoms with Crippen LogP contribution in [-0.4, -0.2) is 18.5 Å². The van der Waals surface area contributed by atoms with Crippen LogP contribution in [0.25, 0.3) is 0 Å². The molecular weight excluding hydrogens is 290 g/mol. The van der Waals surface area contributed by atoms with Crippen molar-refractivity contribution in [2.75, 3.05) is 6.61 Å². The Bertz CT molecular complexity index is 291. The normalized spacial score (nSPS) is 26.4. The summed E-state index contributed by atoms with van der Waals surface area (Å²) in [6, 6.07) is 0.373. The first kappa shape index (κ1) is 18.0. The Morgan fingerprint density at radius 2 is 1.40 bits per heavy atom. The van der Waals surface area contributed by atoms with Crippen molar-refractivity contribution in [3.05, 3.63) is 0 Å². The van der Waals surface area contributed by atoms with Crippen molar-refractivity contribution in [3.63, 3.8) is 0 Å². The van der Waals surface area contributed by atoms with E-state index >= 15 is 0 Å². The molecule has 1 atom stereocenters. The summed E-state index contributed by atoms with van der Waals surface area (Å²) in [5.41, 5.74) is 0.250. The summed E-state index contributed by atoms with van der Waals surface area (Å²) in [4.78, 5) is 4.74. The van der Waals surface area contributed by atoms with Crippen LogP contribution in [0.15, 0.2) is 4.99 Å². The maximum atomic E-state index is 5.73. The van der Waals surface area contributed by atoms with Gasteiger partial charge in [0.2, 0.25) is 0 Å². The Morgan fingerprint density at radius 3 is 1.80 bits per heavy atom. The molecule has 0 aromatic carbocycles. The molecule has 2 nitrogen and oxygen atoms in total. The van der Waals surface area contributed by atoms with Gasteiger partial charge in [0.1, 0.15) is 6.61 Å². The predicted octanol–water partition coefficient (Wildman–Crippen LogP) is 4.97. The summed E-state index contributed by atoms with van der Waals surface area (Å²) in [6.45, 7) is 7.52. The second-order valence-corrected chi connectivity index (χ2v) is 7.41. The Morgan fingerprint density at radius 1 is 0.900 bits per heavy atom. The maximum Gasteiger partial charge on any atom is 0.186 e. The number of aliphatic imine (C=N–C) groups is 1. The topological polar surface area (TPSA) is 21.6 Å². The van der Waals surface area contributed by atoms with Crippen molar-refractivity contribution in [3.8, 4) is 0 Å². The third kappa shape index (κ3) is 5.41. The fourth-order valence-corrected chi connectivity index (χ4v) is 3.12. The van der Waals surface area contributed by atoms with Crippen molar-refractivity contribution in [1.82, 2.24) is 0 Å². The van der Waals surface area contributed by atoms with Gasteiger partial charge in [-0.1, -0.05) is 65.7 Å². The molecule has 20 heavy (non-hydrogen) atoms. The molecule has 0 amide bonds. The van der Waals surface area contributed by atoms with Crippen LogP contribution in [0.3, 0.4) is 0 Å². The summed E-state index contributed by atoms with van der Waals surface area (Å²) < 4.78 is 5.73. The zero-order valence-electron chi connectivity index (χ0n) is 13.4. The van der Waals surface area contributed by atoms with Gasteiger partial charge in [0.05, 0.1) is 6.04 Å². The van der Waals surface area contributed by atoms with Gasteiger partial charge in [-0.05, 0) is 18.3 Å². The van der Waals surface area contributed by atoms with Crippen molar-refractivity contribution >= 4 is 5.90 Å². The monoisotopic (exact) mass is 321 g/mol. The van der Waals surface area contributed by atoms with Crippen LogP contribution < -0.4 is 0 Å². The van der Waals surface area contributed by atoms with Crippen LogP contribution >= 0.6 is 0 Å². The van der Waals surface area contributed by atoms with Gasteiger partial charge in [0, 0.05) is 23.0 Å². The van der Waals surface area contributed by atoms with E-state index in [0.29, 0.717) is 12.0 Å². The van der Waals surface area contributed by atoms with Gasteiger partial charge in [0.15, 0.2) is 5.90 Å². The molecule has 1 aliphatic heterocycles. The van der Waals surface area contributed by atoms with Gasteiger partial charge in [-0.2, -0.15) is 0 Å². The second-order valence-electron chi connectivity index (χ2n) is 7.41. The molecule has 0 saturated heterocycles. The van der Waals surface area contributed by atoms with E-state index < -0.39 is 0 Å². The molecule has 0 radical (unpaired) electrons. The van der Waals surface area contributed by atoms with Gasteiger partial charge in [0.25, 0.3) is 0 Å². The molecule has 3 rings (SSSR count). The minimum atomic E-state index is 0. The van der Waals surface area contributed by atoms with Crippen molar-refractivity contribution < 1.29 is 21.8 Å². The van der Waals surface area contributed by atoms with Crippen molar-refractivity contribution in [1.29, 1.82) is 0 Å². The summed E-state index contributed by atoms with van der Waals surface area (Å²) in [5.74, 6) is 1.70. The number of hydrogen-bond donors (Lipinski definition) is 0. The molecule has 2 fully saturated rings. The van der Waals surface area contributed by atoms with Crippen molar-refractivity contribution in [2.24, 2.45) is 16.3 Å². The first-order valence-corrected chi connectivity index (χ1v) is 8.28. The SMILES string of the molecule is C1CCCC1.CC(C)(C)[C@H]1COC(C2CCCC2)=N1.[Fe]. The fraction of sp³-hybridized carbons (Fsp3) is 0.941. The quantitative estimate of drug-likeness (QED) is 0.625. The van der Waals surface area contributed by atoms with E-state index in [0.717, 1.165) is 12.5 Å². The van der Waals surface area contributed by atoms with Crippen LogP contribution in [0.5, 0.6) is 0 Å². The molecule has 0 unspecified atom stereocenters. The van der Waals surface area contributed by atoms with E-state index in [-0.39, 0.29) is 22.5 Å². The van der Waals surface area contributed by atoms with Gasteiger partial charge in [-0.25, -0.2) is 4.99 Å². The molecule has 0 N–H and O–H groups in total. The molecule has 0 aromatic heterocycles. The summed E-state index contributed by atoms with van der Waals surface area (Å²) in [7, 11) is 0. The standard InChI is InChI=1S/C12H21NO.C5H10.Fe/c1-12(2,3)10-8-14-11(13-10)9-6-4-5-7-9;1-2-4-5-3-1;/h9-10H,4-8H2,1-3H3;1-5H2;/t10-;;/m1../s1. The number of hydrogen-bond acceptors (Lipinski definition) is 2. The van der Waals surface area contributed by atoms with Crippen molar-refractivity contribution in [2.45, 2.75) is 84.6 Å². The first-order valence-electron chi connectivity index (χ1n) is 8.28. The zero-order chi connectivity index (χ0) is 13.7. The Balaban J connectivity index is 0.000000283. The maximum absolute atomic E-state index is 5.73. The molecule has 3 aliphatic rings. The molecule has 118 valence electrons. The van der Waals surface area contributed by atoms with E-state index in [2.05, 4.69) is 20.8 Å². The van der Waals surface area contributed by atoms with Gasteiger partial charge in [-0.3, -0.25) is 0 Å². The second kappa shape index (κ2) is 8.44. The molecule has 0 spiro atoms. The van der Waals surface area contributed by atoms with Gasteiger partial charge < -0.3 is 4.74 Å². The van der Waals surface area contributed by atoms with E-state index in [1.165, 1.54) is 57.8 Å². The minimum Gasteiger partial charge on any atom is -0.478 e.